The number of aromatic amines is 1. The molecule has 164 valence electrons. The number of aromatic nitrogens is 3. The van der Waals surface area contributed by atoms with Gasteiger partial charge in [-0.2, -0.15) is 0 Å². The molecule has 0 bridgehead atoms. The Bertz CT molecular complexity index is 1250. The van der Waals surface area contributed by atoms with Crippen molar-refractivity contribution in [1.29, 1.82) is 0 Å². The van der Waals surface area contributed by atoms with Gasteiger partial charge in [-0.1, -0.05) is 63.3 Å². The van der Waals surface area contributed by atoms with Gasteiger partial charge in [0.2, 0.25) is 5.91 Å². The van der Waals surface area contributed by atoms with Crippen LogP contribution >= 0.6 is 0 Å². The molecule has 1 atom stereocenters. The first-order valence-electron chi connectivity index (χ1n) is 11.7. The summed E-state index contributed by atoms with van der Waals surface area (Å²) in [6, 6.07) is 14.0. The van der Waals surface area contributed by atoms with Gasteiger partial charge >= 0.3 is 0 Å². The quantitative estimate of drug-likeness (QED) is 0.406. The van der Waals surface area contributed by atoms with Crippen LogP contribution in [0, 0.1) is 5.92 Å². The number of pyridine rings is 2. The van der Waals surface area contributed by atoms with Crippen LogP contribution in [0.3, 0.4) is 0 Å². The van der Waals surface area contributed by atoms with E-state index < -0.39 is 0 Å². The van der Waals surface area contributed by atoms with Crippen molar-refractivity contribution in [2.75, 3.05) is 4.90 Å². The van der Waals surface area contributed by atoms with Crippen molar-refractivity contribution < 1.29 is 4.79 Å². The second-order valence-corrected chi connectivity index (χ2v) is 9.18. The fraction of sp³-hybridized carbons (Fsp3) is 0.370. The van der Waals surface area contributed by atoms with Crippen LogP contribution in [-0.2, 0) is 11.3 Å². The molecule has 1 aromatic carbocycles. The number of para-hydroxylation sites is 1. The number of anilines is 1. The molecule has 32 heavy (non-hydrogen) atoms. The van der Waals surface area contributed by atoms with Gasteiger partial charge in [0.1, 0.15) is 5.65 Å². The van der Waals surface area contributed by atoms with Crippen molar-refractivity contribution in [2.45, 2.75) is 58.4 Å². The lowest BCUT2D eigenvalue weighted by Gasteiger charge is -2.17. The van der Waals surface area contributed by atoms with Gasteiger partial charge in [0.15, 0.2) is 0 Å². The second-order valence-electron chi connectivity index (χ2n) is 9.18. The highest BCUT2D eigenvalue weighted by atomic mass is 16.2. The van der Waals surface area contributed by atoms with E-state index in [4.69, 9.17) is 4.98 Å². The fourth-order valence-electron chi connectivity index (χ4n) is 4.99. The van der Waals surface area contributed by atoms with Gasteiger partial charge < -0.3 is 9.88 Å². The molecule has 4 aromatic rings. The number of benzene rings is 1. The van der Waals surface area contributed by atoms with E-state index in [2.05, 4.69) is 23.0 Å². The minimum atomic E-state index is -0.170. The number of nitrogens with one attached hydrogen (secondary N) is 1. The summed E-state index contributed by atoms with van der Waals surface area (Å²) >= 11 is 0. The third-order valence-corrected chi connectivity index (χ3v) is 6.84. The van der Waals surface area contributed by atoms with Crippen LogP contribution in [0.25, 0.3) is 21.9 Å². The Kier molecular flexibility index (Phi) is 5.64. The molecule has 3 aromatic heterocycles. The maximum absolute atomic E-state index is 12.9. The van der Waals surface area contributed by atoms with Crippen LogP contribution in [0.15, 0.2) is 54.9 Å². The third-order valence-electron chi connectivity index (χ3n) is 6.84. The summed E-state index contributed by atoms with van der Waals surface area (Å²) in [5, 5.41) is 2.12. The largest absolute Gasteiger partial charge is 0.346 e. The van der Waals surface area contributed by atoms with Crippen molar-refractivity contribution in [2.24, 2.45) is 5.92 Å². The highest BCUT2D eigenvalue weighted by Gasteiger charge is 2.36. The molecule has 5 heteroatoms. The molecule has 6 rings (SSSR count). The molecule has 1 N–H and O–H groups in total. The van der Waals surface area contributed by atoms with Gasteiger partial charge in [-0.05, 0) is 31.0 Å². The van der Waals surface area contributed by atoms with Crippen molar-refractivity contribution in [1.82, 2.24) is 15.0 Å². The average Bonchev–Trinajstić information content (AvgIpc) is 3.39. The Labute approximate surface area is 188 Å². The van der Waals surface area contributed by atoms with E-state index >= 15 is 0 Å². The summed E-state index contributed by atoms with van der Waals surface area (Å²) in [7, 11) is 0. The van der Waals surface area contributed by atoms with Gasteiger partial charge in [-0.15, -0.1) is 0 Å². The molecular formula is C27H30N4O. The van der Waals surface area contributed by atoms with Crippen LogP contribution in [0.5, 0.6) is 0 Å². The Hall–Kier alpha value is -3.21. The Balaban J connectivity index is 0.000000265. The Morgan fingerprint density at radius 2 is 1.84 bits per heavy atom. The first-order valence-corrected chi connectivity index (χ1v) is 11.7. The minimum Gasteiger partial charge on any atom is -0.346 e. The lowest BCUT2D eigenvalue weighted by molar-refractivity contribution is -0.119. The summed E-state index contributed by atoms with van der Waals surface area (Å²) in [5.41, 5.74) is 4.58. The predicted octanol–water partition coefficient (Wildman–Crippen LogP) is 6.35. The number of H-pyrrole nitrogens is 1. The first kappa shape index (κ1) is 20.7. The Morgan fingerprint density at radius 1 is 1.03 bits per heavy atom. The average molecular weight is 427 g/mol. The summed E-state index contributed by atoms with van der Waals surface area (Å²) in [6.07, 6.45) is 11.1. The molecular weight excluding hydrogens is 396 g/mol. The van der Waals surface area contributed by atoms with E-state index in [9.17, 15) is 4.79 Å². The number of hydrogen-bond donors (Lipinski definition) is 1. The van der Waals surface area contributed by atoms with Crippen molar-refractivity contribution in [3.8, 4) is 0 Å². The molecule has 0 spiro atoms. The maximum atomic E-state index is 12.9. The van der Waals surface area contributed by atoms with E-state index in [0.717, 1.165) is 44.8 Å². The minimum absolute atomic E-state index is 0.0976. The SMILES string of the molecule is CC1C(=O)N(Cc2ccc3ccccc3n2)c2cnc3[nH]ccc3c21.CC1CCCCC1. The van der Waals surface area contributed by atoms with Crippen molar-refractivity contribution in [3.63, 3.8) is 0 Å². The third kappa shape index (κ3) is 3.88. The zero-order valence-electron chi connectivity index (χ0n) is 18.8. The van der Waals surface area contributed by atoms with Crippen LogP contribution in [-0.4, -0.2) is 20.9 Å². The highest BCUT2D eigenvalue weighted by molar-refractivity contribution is 6.08. The van der Waals surface area contributed by atoms with Gasteiger partial charge in [-0.3, -0.25) is 9.78 Å². The smallest absolute Gasteiger partial charge is 0.234 e. The van der Waals surface area contributed by atoms with Crippen molar-refractivity contribution >= 4 is 33.5 Å². The van der Waals surface area contributed by atoms with Gasteiger partial charge in [0.05, 0.1) is 35.6 Å². The molecule has 1 aliphatic carbocycles. The van der Waals surface area contributed by atoms with Crippen molar-refractivity contribution in [3.05, 3.63) is 66.1 Å². The topological polar surface area (TPSA) is 61.9 Å². The molecule has 2 aliphatic rings. The van der Waals surface area contributed by atoms with E-state index in [1.54, 1.807) is 11.1 Å². The first-order chi connectivity index (χ1) is 15.6. The van der Waals surface area contributed by atoms with Gasteiger partial charge in [0.25, 0.3) is 0 Å². The lowest BCUT2D eigenvalue weighted by Crippen LogP contribution is -2.27. The number of fused-ring (bicyclic) bond motifs is 4. The summed E-state index contributed by atoms with van der Waals surface area (Å²) in [4.78, 5) is 26.9. The van der Waals surface area contributed by atoms with E-state index in [-0.39, 0.29) is 11.8 Å². The van der Waals surface area contributed by atoms with Crippen LogP contribution in [0.1, 0.15) is 63.1 Å². The number of rotatable bonds is 2. The number of hydrogen-bond acceptors (Lipinski definition) is 3. The number of carbonyl (C=O) groups excluding carboxylic acids is 1. The monoisotopic (exact) mass is 426 g/mol. The van der Waals surface area contributed by atoms with Crippen LogP contribution in [0.2, 0.25) is 0 Å². The molecule has 5 nitrogen and oxygen atoms in total. The normalized spacial score (nSPS) is 18.6. The predicted molar refractivity (Wildman–Crippen MR) is 130 cm³/mol. The molecule has 0 saturated heterocycles. The molecule has 1 fully saturated rings. The lowest BCUT2D eigenvalue weighted by atomic mass is 9.91. The zero-order valence-corrected chi connectivity index (χ0v) is 18.8. The fourth-order valence-corrected chi connectivity index (χ4v) is 4.99. The number of nitrogens with zero attached hydrogens (tertiary/aromatic N) is 3. The molecule has 1 amide bonds. The Morgan fingerprint density at radius 3 is 2.62 bits per heavy atom. The van der Waals surface area contributed by atoms with Gasteiger partial charge in [-0.25, -0.2) is 4.98 Å². The van der Waals surface area contributed by atoms with Crippen LogP contribution in [0.4, 0.5) is 5.69 Å². The molecule has 0 radical (unpaired) electrons. The molecule has 1 aliphatic heterocycles. The summed E-state index contributed by atoms with van der Waals surface area (Å²) in [5.74, 6) is 0.964. The second kappa shape index (κ2) is 8.73. The van der Waals surface area contributed by atoms with E-state index in [1.807, 2.05) is 49.5 Å². The van der Waals surface area contributed by atoms with Gasteiger partial charge in [0, 0.05) is 22.5 Å². The molecule has 4 heterocycles. The van der Waals surface area contributed by atoms with Crippen LogP contribution < -0.4 is 4.90 Å². The number of carbonyl (C=O) groups is 1. The molecule has 1 saturated carbocycles. The zero-order chi connectivity index (χ0) is 22.1. The summed E-state index contributed by atoms with van der Waals surface area (Å²) in [6.45, 7) is 4.78. The standard InChI is InChI=1S/C20H16N4O.C7H14/c1-12-18-15-8-9-21-19(15)22-10-17(18)24(20(12)25)11-14-7-6-13-4-2-3-5-16(13)23-14;1-7-5-3-2-4-6-7/h2-10,12H,11H2,1H3,(H,21,22);7H,2-6H2,1H3. The molecule has 1 unspecified atom stereocenters. The van der Waals surface area contributed by atoms with E-state index in [0.29, 0.717) is 6.54 Å². The number of amides is 1. The van der Waals surface area contributed by atoms with E-state index in [1.165, 1.54) is 32.1 Å². The summed E-state index contributed by atoms with van der Waals surface area (Å²) < 4.78 is 0. The highest BCUT2D eigenvalue weighted by Crippen LogP contribution is 2.41. The maximum Gasteiger partial charge on any atom is 0.234 e.